The van der Waals surface area contributed by atoms with E-state index in [-0.39, 0.29) is 6.04 Å². The van der Waals surface area contributed by atoms with E-state index in [9.17, 15) is 0 Å². The number of ether oxygens (including phenoxy) is 1. The van der Waals surface area contributed by atoms with Gasteiger partial charge in [0.05, 0.1) is 12.0 Å². The maximum absolute atomic E-state index is 6.30. The molecule has 1 unspecified atom stereocenters. The van der Waals surface area contributed by atoms with Crippen LogP contribution in [0.25, 0.3) is 0 Å². The highest BCUT2D eigenvalue weighted by Crippen LogP contribution is 2.35. The number of benzene rings is 1. The van der Waals surface area contributed by atoms with E-state index < -0.39 is 0 Å². The van der Waals surface area contributed by atoms with Gasteiger partial charge in [-0.15, -0.1) is 11.3 Å². The first-order valence-electron chi connectivity index (χ1n) is 6.95. The van der Waals surface area contributed by atoms with E-state index in [1.54, 1.807) is 18.4 Å². The second-order valence-corrected chi connectivity index (χ2v) is 6.53. The van der Waals surface area contributed by atoms with E-state index in [4.69, 9.17) is 27.9 Å². The Morgan fingerprint density at radius 2 is 1.95 bits per heavy atom. The van der Waals surface area contributed by atoms with Crippen LogP contribution in [0.1, 0.15) is 29.8 Å². The summed E-state index contributed by atoms with van der Waals surface area (Å²) in [4.78, 5) is 1.18. The van der Waals surface area contributed by atoms with Crippen LogP contribution in [0, 0.1) is 0 Å². The van der Waals surface area contributed by atoms with Crippen molar-refractivity contribution in [3.63, 3.8) is 0 Å². The zero-order chi connectivity index (χ0) is 15.2. The van der Waals surface area contributed by atoms with Gasteiger partial charge in [0.25, 0.3) is 0 Å². The van der Waals surface area contributed by atoms with Gasteiger partial charge in [0.15, 0.2) is 0 Å². The molecule has 0 bridgehead atoms. The predicted molar refractivity (Wildman–Crippen MR) is 92.1 cm³/mol. The molecule has 1 aromatic carbocycles. The first-order chi connectivity index (χ1) is 10.2. The van der Waals surface area contributed by atoms with Crippen LogP contribution >= 0.6 is 34.5 Å². The zero-order valence-electron chi connectivity index (χ0n) is 12.2. The highest BCUT2D eigenvalue weighted by molar-refractivity contribution is 7.10. The Bertz CT molecular complexity index is 565. The number of methoxy groups -OCH3 is 1. The second kappa shape index (κ2) is 8.04. The van der Waals surface area contributed by atoms with Crippen LogP contribution in [0.15, 0.2) is 29.6 Å². The Morgan fingerprint density at radius 1 is 1.24 bits per heavy atom. The lowest BCUT2D eigenvalue weighted by Crippen LogP contribution is -2.24. The lowest BCUT2D eigenvalue weighted by molar-refractivity contribution is 0.402. The topological polar surface area (TPSA) is 21.3 Å². The molecule has 0 fully saturated rings. The molecule has 0 radical (unpaired) electrons. The minimum absolute atomic E-state index is 0.150. The third kappa shape index (κ3) is 4.13. The van der Waals surface area contributed by atoms with Crippen molar-refractivity contribution in [2.45, 2.75) is 25.8 Å². The van der Waals surface area contributed by atoms with E-state index in [2.05, 4.69) is 12.2 Å². The Hall–Kier alpha value is -0.740. The van der Waals surface area contributed by atoms with Gasteiger partial charge in [0.2, 0.25) is 0 Å². The van der Waals surface area contributed by atoms with Crippen molar-refractivity contribution < 1.29 is 4.74 Å². The SMILES string of the molecule is CCCNC(Cc1c(Cl)cccc1Cl)c1sccc1OC. The van der Waals surface area contributed by atoms with Gasteiger partial charge in [-0.05, 0) is 48.5 Å². The van der Waals surface area contributed by atoms with Gasteiger partial charge in [-0.25, -0.2) is 0 Å². The third-order valence-corrected chi connectivity index (χ3v) is 5.02. The molecule has 0 aliphatic carbocycles. The van der Waals surface area contributed by atoms with Gasteiger partial charge in [0, 0.05) is 16.1 Å². The fraction of sp³-hybridized carbons (Fsp3) is 0.375. The first kappa shape index (κ1) is 16.6. The molecule has 21 heavy (non-hydrogen) atoms. The fourth-order valence-corrected chi connectivity index (χ4v) is 3.73. The molecular weight excluding hydrogens is 325 g/mol. The number of rotatable bonds is 7. The number of nitrogens with one attached hydrogen (secondary N) is 1. The monoisotopic (exact) mass is 343 g/mol. The van der Waals surface area contributed by atoms with Crippen molar-refractivity contribution in [3.8, 4) is 5.75 Å². The summed E-state index contributed by atoms with van der Waals surface area (Å²) in [6, 6.07) is 7.78. The number of thiophene rings is 1. The fourth-order valence-electron chi connectivity index (χ4n) is 2.24. The highest BCUT2D eigenvalue weighted by atomic mass is 35.5. The quantitative estimate of drug-likeness (QED) is 0.731. The lowest BCUT2D eigenvalue weighted by atomic mass is 10.0. The largest absolute Gasteiger partial charge is 0.496 e. The molecule has 0 amide bonds. The summed E-state index contributed by atoms with van der Waals surface area (Å²) in [6.07, 6.45) is 1.82. The molecule has 1 heterocycles. The van der Waals surface area contributed by atoms with E-state index >= 15 is 0 Å². The Labute approximate surface area is 140 Å². The van der Waals surface area contributed by atoms with Crippen molar-refractivity contribution in [1.29, 1.82) is 0 Å². The number of halogens is 2. The molecule has 114 valence electrons. The van der Waals surface area contributed by atoms with Crippen LogP contribution in [0.4, 0.5) is 0 Å². The van der Waals surface area contributed by atoms with E-state index in [0.717, 1.165) is 30.7 Å². The smallest absolute Gasteiger partial charge is 0.134 e. The Morgan fingerprint density at radius 3 is 2.57 bits per heavy atom. The average molecular weight is 344 g/mol. The maximum atomic E-state index is 6.30. The normalized spacial score (nSPS) is 12.4. The number of hydrogen-bond donors (Lipinski definition) is 1. The molecule has 5 heteroatoms. The minimum Gasteiger partial charge on any atom is -0.496 e. The van der Waals surface area contributed by atoms with E-state index in [1.165, 1.54) is 4.88 Å². The lowest BCUT2D eigenvalue weighted by Gasteiger charge is -2.20. The second-order valence-electron chi connectivity index (χ2n) is 4.76. The molecule has 1 atom stereocenters. The molecule has 2 rings (SSSR count). The van der Waals surface area contributed by atoms with Crippen molar-refractivity contribution >= 4 is 34.5 Å². The molecule has 0 aliphatic rings. The summed E-state index contributed by atoms with van der Waals surface area (Å²) >= 11 is 14.3. The summed E-state index contributed by atoms with van der Waals surface area (Å²) in [5.74, 6) is 0.914. The van der Waals surface area contributed by atoms with Crippen molar-refractivity contribution in [3.05, 3.63) is 50.1 Å². The van der Waals surface area contributed by atoms with Gasteiger partial charge in [-0.1, -0.05) is 36.2 Å². The van der Waals surface area contributed by atoms with Crippen molar-refractivity contribution in [2.75, 3.05) is 13.7 Å². The molecule has 2 nitrogen and oxygen atoms in total. The molecule has 0 saturated heterocycles. The van der Waals surface area contributed by atoms with Gasteiger partial charge in [0.1, 0.15) is 5.75 Å². The summed E-state index contributed by atoms with van der Waals surface area (Å²) < 4.78 is 5.45. The Kier molecular flexibility index (Phi) is 6.37. The van der Waals surface area contributed by atoms with Crippen LogP contribution in [0.5, 0.6) is 5.75 Å². The maximum Gasteiger partial charge on any atom is 0.134 e. The third-order valence-electron chi connectivity index (χ3n) is 3.30. The van der Waals surface area contributed by atoms with Crippen LogP contribution < -0.4 is 10.1 Å². The van der Waals surface area contributed by atoms with Gasteiger partial charge < -0.3 is 10.1 Å². The highest BCUT2D eigenvalue weighted by Gasteiger charge is 2.20. The van der Waals surface area contributed by atoms with E-state index in [1.807, 2.05) is 29.6 Å². The molecule has 2 aromatic rings. The summed E-state index contributed by atoms with van der Waals surface area (Å²) in [7, 11) is 1.70. The molecule has 0 saturated carbocycles. The zero-order valence-corrected chi connectivity index (χ0v) is 14.5. The Balaban J connectivity index is 2.28. The van der Waals surface area contributed by atoms with Gasteiger partial charge in [-0.2, -0.15) is 0 Å². The summed E-state index contributed by atoms with van der Waals surface area (Å²) in [6.45, 7) is 3.09. The molecule has 1 aromatic heterocycles. The summed E-state index contributed by atoms with van der Waals surface area (Å²) in [5, 5.41) is 7.03. The number of hydrogen-bond acceptors (Lipinski definition) is 3. The molecule has 0 aliphatic heterocycles. The van der Waals surface area contributed by atoms with Crippen molar-refractivity contribution in [2.24, 2.45) is 0 Å². The minimum atomic E-state index is 0.150. The molecule has 0 spiro atoms. The van der Waals surface area contributed by atoms with Crippen LogP contribution in [-0.4, -0.2) is 13.7 Å². The van der Waals surface area contributed by atoms with Crippen molar-refractivity contribution in [1.82, 2.24) is 5.32 Å². The van der Waals surface area contributed by atoms with E-state index in [0.29, 0.717) is 10.0 Å². The van der Waals surface area contributed by atoms with Gasteiger partial charge >= 0.3 is 0 Å². The van der Waals surface area contributed by atoms with Gasteiger partial charge in [-0.3, -0.25) is 0 Å². The predicted octanol–water partition coefficient (Wildman–Crippen LogP) is 5.35. The molecule has 1 N–H and O–H groups in total. The standard InChI is InChI=1S/C16H19Cl2NOS/c1-3-8-19-14(16-15(20-2)7-9-21-16)10-11-12(17)5-4-6-13(11)18/h4-7,9,14,19H,3,8,10H2,1-2H3. The average Bonchev–Trinajstić information content (AvgIpc) is 2.94. The molecular formula is C16H19Cl2NOS. The van der Waals surface area contributed by atoms with Crippen LogP contribution in [0.2, 0.25) is 10.0 Å². The summed E-state index contributed by atoms with van der Waals surface area (Å²) in [5.41, 5.74) is 0.977. The van der Waals surface area contributed by atoms with Crippen LogP contribution in [0.3, 0.4) is 0 Å². The van der Waals surface area contributed by atoms with Crippen LogP contribution in [-0.2, 0) is 6.42 Å². The first-order valence-corrected chi connectivity index (χ1v) is 8.58.